The van der Waals surface area contributed by atoms with Crippen LogP contribution >= 0.6 is 0 Å². The van der Waals surface area contributed by atoms with Crippen molar-refractivity contribution in [3.05, 3.63) is 24.3 Å². The Kier molecular flexibility index (Phi) is 5.24. The minimum absolute atomic E-state index is 0.0688. The maximum atomic E-state index is 12.4. The van der Waals surface area contributed by atoms with E-state index in [1.165, 1.54) is 0 Å². The Hall–Kier alpha value is -1.11. The minimum Gasteiger partial charge on any atom is -0.373 e. The number of nitrogens with two attached hydrogens (primary N) is 1. The monoisotopic (exact) mass is 312 g/mol. The van der Waals surface area contributed by atoms with Crippen LogP contribution in [0, 0.1) is 0 Å². The Morgan fingerprint density at radius 1 is 1.43 bits per heavy atom. The second-order valence-electron chi connectivity index (χ2n) is 5.50. The molecule has 118 valence electrons. The van der Waals surface area contributed by atoms with Crippen LogP contribution < -0.4 is 10.6 Å². The van der Waals surface area contributed by atoms with Crippen molar-refractivity contribution in [2.45, 2.75) is 37.3 Å². The molecule has 0 spiro atoms. The fourth-order valence-corrected chi connectivity index (χ4v) is 4.13. The summed E-state index contributed by atoms with van der Waals surface area (Å²) in [6.07, 6.45) is 0.545. The molecule has 0 radical (unpaired) electrons. The van der Waals surface area contributed by atoms with Crippen molar-refractivity contribution in [3.8, 4) is 0 Å². The van der Waals surface area contributed by atoms with Gasteiger partial charge in [0.15, 0.2) is 9.84 Å². The summed E-state index contributed by atoms with van der Waals surface area (Å²) in [4.78, 5) is 2.48. The molecular weight excluding hydrogens is 288 g/mol. The zero-order valence-corrected chi connectivity index (χ0v) is 13.5. The van der Waals surface area contributed by atoms with Gasteiger partial charge in [-0.2, -0.15) is 0 Å². The van der Waals surface area contributed by atoms with E-state index in [1.807, 2.05) is 26.0 Å². The topological polar surface area (TPSA) is 72.6 Å². The first-order chi connectivity index (χ1) is 9.95. The average molecular weight is 312 g/mol. The van der Waals surface area contributed by atoms with Gasteiger partial charge in [0, 0.05) is 19.1 Å². The Labute approximate surface area is 127 Å². The molecule has 1 saturated heterocycles. The van der Waals surface area contributed by atoms with Crippen LogP contribution in [0.5, 0.6) is 0 Å². The van der Waals surface area contributed by atoms with E-state index in [0.717, 1.165) is 5.69 Å². The predicted molar refractivity (Wildman–Crippen MR) is 84.4 cm³/mol. The van der Waals surface area contributed by atoms with Gasteiger partial charge < -0.3 is 15.4 Å². The number of morpholine rings is 1. The second kappa shape index (κ2) is 6.77. The van der Waals surface area contributed by atoms with Gasteiger partial charge in [0.2, 0.25) is 0 Å². The molecular formula is C15H24N2O3S. The number of benzene rings is 1. The molecule has 0 bridgehead atoms. The maximum absolute atomic E-state index is 12.4. The van der Waals surface area contributed by atoms with E-state index in [1.54, 1.807) is 12.1 Å². The van der Waals surface area contributed by atoms with Gasteiger partial charge >= 0.3 is 0 Å². The van der Waals surface area contributed by atoms with Crippen LogP contribution in [0.25, 0.3) is 0 Å². The van der Waals surface area contributed by atoms with Gasteiger partial charge in [-0.05, 0) is 25.5 Å². The second-order valence-corrected chi connectivity index (χ2v) is 7.58. The van der Waals surface area contributed by atoms with Crippen LogP contribution in [0.15, 0.2) is 29.2 Å². The highest BCUT2D eigenvalue weighted by molar-refractivity contribution is 7.91. The van der Waals surface area contributed by atoms with Crippen molar-refractivity contribution in [2.24, 2.45) is 5.73 Å². The predicted octanol–water partition coefficient (Wildman–Crippen LogP) is 1.42. The number of sulfone groups is 1. The number of hydrogen-bond donors (Lipinski definition) is 1. The summed E-state index contributed by atoms with van der Waals surface area (Å²) in [6, 6.07) is 7.13. The Bertz CT molecular complexity index is 572. The molecule has 0 amide bonds. The fraction of sp³-hybridized carbons (Fsp3) is 0.600. The molecule has 1 aromatic rings. The van der Waals surface area contributed by atoms with Crippen LogP contribution in [0.2, 0.25) is 0 Å². The van der Waals surface area contributed by atoms with E-state index in [9.17, 15) is 8.42 Å². The molecule has 1 heterocycles. The molecule has 6 heteroatoms. The first-order valence-corrected chi connectivity index (χ1v) is 9.05. The summed E-state index contributed by atoms with van der Waals surface area (Å²) < 4.78 is 30.5. The SMILES string of the molecule is CCCS(=O)(=O)c1ccccc1N1CCOC(C(C)N)C1. The molecule has 2 N–H and O–H groups in total. The summed E-state index contributed by atoms with van der Waals surface area (Å²) in [5, 5.41) is 0. The first kappa shape index (κ1) is 16.3. The summed E-state index contributed by atoms with van der Waals surface area (Å²) >= 11 is 0. The van der Waals surface area contributed by atoms with Crippen LogP contribution in [0.3, 0.4) is 0 Å². The van der Waals surface area contributed by atoms with Crippen molar-refractivity contribution >= 4 is 15.5 Å². The van der Waals surface area contributed by atoms with Crippen molar-refractivity contribution in [1.82, 2.24) is 0 Å². The van der Waals surface area contributed by atoms with Crippen molar-refractivity contribution in [2.75, 3.05) is 30.3 Å². The number of anilines is 1. The largest absolute Gasteiger partial charge is 0.373 e. The van der Waals surface area contributed by atoms with E-state index in [4.69, 9.17) is 10.5 Å². The number of para-hydroxylation sites is 1. The highest BCUT2D eigenvalue weighted by atomic mass is 32.2. The Morgan fingerprint density at radius 3 is 2.81 bits per heavy atom. The molecule has 1 fully saturated rings. The smallest absolute Gasteiger partial charge is 0.180 e. The van der Waals surface area contributed by atoms with Gasteiger partial charge in [-0.1, -0.05) is 19.1 Å². The average Bonchev–Trinajstić information content (AvgIpc) is 2.47. The summed E-state index contributed by atoms with van der Waals surface area (Å²) in [5.41, 5.74) is 6.67. The first-order valence-electron chi connectivity index (χ1n) is 7.39. The van der Waals surface area contributed by atoms with E-state index >= 15 is 0 Å². The maximum Gasteiger partial charge on any atom is 0.180 e. The highest BCUT2D eigenvalue weighted by Gasteiger charge is 2.27. The third-order valence-corrected chi connectivity index (χ3v) is 5.65. The lowest BCUT2D eigenvalue weighted by molar-refractivity contribution is 0.0274. The van der Waals surface area contributed by atoms with E-state index in [2.05, 4.69) is 4.90 Å². The number of ether oxygens (including phenoxy) is 1. The normalized spacial score (nSPS) is 21.3. The molecule has 0 saturated carbocycles. The quantitative estimate of drug-likeness (QED) is 0.890. The summed E-state index contributed by atoms with van der Waals surface area (Å²) in [6.45, 7) is 5.65. The van der Waals surface area contributed by atoms with Crippen LogP contribution in [0.1, 0.15) is 20.3 Å². The zero-order valence-electron chi connectivity index (χ0n) is 12.7. The fourth-order valence-electron chi connectivity index (χ4n) is 2.57. The molecule has 0 aliphatic carbocycles. The molecule has 21 heavy (non-hydrogen) atoms. The third kappa shape index (κ3) is 3.75. The van der Waals surface area contributed by atoms with E-state index < -0.39 is 9.84 Å². The molecule has 1 aliphatic heterocycles. The molecule has 1 aromatic carbocycles. The summed E-state index contributed by atoms with van der Waals surface area (Å²) in [7, 11) is -3.24. The van der Waals surface area contributed by atoms with Gasteiger partial charge in [-0.15, -0.1) is 0 Å². The highest BCUT2D eigenvalue weighted by Crippen LogP contribution is 2.28. The van der Waals surface area contributed by atoms with Gasteiger partial charge in [0.1, 0.15) is 0 Å². The molecule has 1 aliphatic rings. The zero-order chi connectivity index (χ0) is 15.5. The Balaban J connectivity index is 2.32. The standard InChI is InChI=1S/C15H24N2O3S/c1-3-10-21(18,19)15-7-5-4-6-13(15)17-8-9-20-14(11-17)12(2)16/h4-7,12,14H,3,8-11,16H2,1-2H3. The van der Waals surface area contributed by atoms with E-state index in [-0.39, 0.29) is 17.9 Å². The lowest BCUT2D eigenvalue weighted by Crippen LogP contribution is -2.49. The molecule has 2 atom stereocenters. The van der Waals surface area contributed by atoms with Crippen LogP contribution in [-0.2, 0) is 14.6 Å². The third-order valence-electron chi connectivity index (χ3n) is 3.69. The van der Waals surface area contributed by atoms with Crippen LogP contribution in [0.4, 0.5) is 5.69 Å². The summed E-state index contributed by atoms with van der Waals surface area (Å²) in [5.74, 6) is 0.172. The van der Waals surface area contributed by atoms with Crippen molar-refractivity contribution in [3.63, 3.8) is 0 Å². The lowest BCUT2D eigenvalue weighted by atomic mass is 10.1. The van der Waals surface area contributed by atoms with Gasteiger partial charge in [0.05, 0.1) is 29.0 Å². The number of nitrogens with zero attached hydrogens (tertiary/aromatic N) is 1. The Morgan fingerprint density at radius 2 is 2.14 bits per heavy atom. The lowest BCUT2D eigenvalue weighted by Gasteiger charge is -2.37. The van der Waals surface area contributed by atoms with Gasteiger partial charge in [-0.25, -0.2) is 8.42 Å². The van der Waals surface area contributed by atoms with Crippen molar-refractivity contribution in [1.29, 1.82) is 0 Å². The van der Waals surface area contributed by atoms with E-state index in [0.29, 0.717) is 31.0 Å². The molecule has 2 unspecified atom stereocenters. The number of rotatable bonds is 5. The van der Waals surface area contributed by atoms with Crippen molar-refractivity contribution < 1.29 is 13.2 Å². The molecule has 5 nitrogen and oxygen atoms in total. The number of hydrogen-bond acceptors (Lipinski definition) is 5. The molecule has 2 rings (SSSR count). The van der Waals surface area contributed by atoms with Gasteiger partial charge in [0.25, 0.3) is 0 Å². The van der Waals surface area contributed by atoms with Crippen LogP contribution in [-0.4, -0.2) is 46.0 Å². The molecule has 0 aromatic heterocycles. The minimum atomic E-state index is -3.24. The van der Waals surface area contributed by atoms with Gasteiger partial charge in [-0.3, -0.25) is 0 Å².